The van der Waals surface area contributed by atoms with Crippen LogP contribution in [0.4, 0.5) is 10.8 Å². The van der Waals surface area contributed by atoms with Crippen molar-refractivity contribution >= 4 is 38.1 Å². The maximum absolute atomic E-state index is 12.9. The number of nitrogens with one attached hydrogen (secondary N) is 2. The van der Waals surface area contributed by atoms with Gasteiger partial charge in [-0.3, -0.25) is 14.8 Å². The van der Waals surface area contributed by atoms with Crippen molar-refractivity contribution in [1.29, 1.82) is 5.26 Å². The van der Waals surface area contributed by atoms with Crippen LogP contribution in [0.1, 0.15) is 21.5 Å². The molecule has 0 bridgehead atoms. The van der Waals surface area contributed by atoms with Crippen molar-refractivity contribution in [2.24, 2.45) is 0 Å². The third kappa shape index (κ3) is 5.09. The topological polar surface area (TPSA) is 112 Å². The van der Waals surface area contributed by atoms with E-state index in [4.69, 9.17) is 5.26 Å². The number of hydrogen-bond donors (Lipinski definition) is 2. The van der Waals surface area contributed by atoms with Gasteiger partial charge in [0.2, 0.25) is 0 Å². The third-order valence-electron chi connectivity index (χ3n) is 4.78. The number of aromatic nitrogens is 1. The van der Waals surface area contributed by atoms with Gasteiger partial charge in [0.05, 0.1) is 33.5 Å². The van der Waals surface area contributed by atoms with Crippen LogP contribution in [-0.4, -0.2) is 19.3 Å². The molecule has 1 amide bonds. The Morgan fingerprint density at radius 1 is 1.00 bits per heavy atom. The predicted octanol–water partition coefficient (Wildman–Crippen LogP) is 5.04. The van der Waals surface area contributed by atoms with Gasteiger partial charge in [-0.2, -0.15) is 5.26 Å². The SMILES string of the molecule is Cc1ccc(S(=O)(=O)Nc2ccccc2C(=O)Nc2nc(-c3ccc(C#N)cc3)cs2)cc1. The van der Waals surface area contributed by atoms with Crippen molar-refractivity contribution in [3.63, 3.8) is 0 Å². The molecule has 1 aromatic heterocycles. The van der Waals surface area contributed by atoms with E-state index in [1.165, 1.54) is 35.6 Å². The molecule has 9 heteroatoms. The summed E-state index contributed by atoms with van der Waals surface area (Å²) in [6.45, 7) is 1.87. The molecular formula is C24H18N4O3S2. The highest BCUT2D eigenvalue weighted by molar-refractivity contribution is 7.92. The summed E-state index contributed by atoms with van der Waals surface area (Å²) in [5.74, 6) is -0.488. The molecular weight excluding hydrogens is 456 g/mol. The number of hydrogen-bond acceptors (Lipinski definition) is 6. The second kappa shape index (κ2) is 9.24. The van der Waals surface area contributed by atoms with Crippen LogP contribution in [0.25, 0.3) is 11.3 Å². The first-order valence-electron chi connectivity index (χ1n) is 9.82. The molecule has 1 heterocycles. The van der Waals surface area contributed by atoms with E-state index < -0.39 is 15.9 Å². The zero-order valence-corrected chi connectivity index (χ0v) is 19.1. The van der Waals surface area contributed by atoms with E-state index in [-0.39, 0.29) is 16.1 Å². The number of carbonyl (C=O) groups excluding carboxylic acids is 1. The lowest BCUT2D eigenvalue weighted by molar-refractivity contribution is 0.102. The fourth-order valence-corrected chi connectivity index (χ4v) is 4.83. The monoisotopic (exact) mass is 474 g/mol. The third-order valence-corrected chi connectivity index (χ3v) is 6.92. The van der Waals surface area contributed by atoms with Gasteiger partial charge < -0.3 is 0 Å². The smallest absolute Gasteiger partial charge is 0.261 e. The molecule has 0 aliphatic heterocycles. The van der Waals surface area contributed by atoms with E-state index in [1.54, 1.807) is 53.9 Å². The van der Waals surface area contributed by atoms with Crippen LogP contribution in [0.3, 0.4) is 0 Å². The summed E-state index contributed by atoms with van der Waals surface area (Å²) in [5.41, 5.74) is 3.30. The number of nitrogens with zero attached hydrogens (tertiary/aromatic N) is 2. The molecule has 0 atom stereocenters. The number of para-hydroxylation sites is 1. The summed E-state index contributed by atoms with van der Waals surface area (Å²) in [5, 5.41) is 13.8. The van der Waals surface area contributed by atoms with Gasteiger partial charge in [0.15, 0.2) is 5.13 Å². The number of anilines is 2. The Morgan fingerprint density at radius 3 is 2.39 bits per heavy atom. The molecule has 33 heavy (non-hydrogen) atoms. The van der Waals surface area contributed by atoms with E-state index in [0.717, 1.165) is 11.1 Å². The summed E-state index contributed by atoms with van der Waals surface area (Å²) in [6, 6.07) is 21.9. The van der Waals surface area contributed by atoms with Gasteiger partial charge >= 0.3 is 0 Å². The van der Waals surface area contributed by atoms with Crippen LogP contribution in [-0.2, 0) is 10.0 Å². The number of rotatable bonds is 6. The fraction of sp³-hybridized carbons (Fsp3) is 0.0417. The molecule has 0 saturated heterocycles. The first kappa shape index (κ1) is 22.2. The minimum absolute atomic E-state index is 0.107. The molecule has 4 aromatic rings. The first-order valence-corrected chi connectivity index (χ1v) is 12.2. The van der Waals surface area contributed by atoms with E-state index in [9.17, 15) is 13.2 Å². The van der Waals surface area contributed by atoms with Crippen molar-refractivity contribution in [2.45, 2.75) is 11.8 Å². The number of sulfonamides is 1. The zero-order valence-electron chi connectivity index (χ0n) is 17.4. The van der Waals surface area contributed by atoms with Crippen molar-refractivity contribution in [2.75, 3.05) is 10.0 Å². The number of aryl methyl sites for hydroxylation is 1. The summed E-state index contributed by atoms with van der Waals surface area (Å²) < 4.78 is 28.1. The fourth-order valence-electron chi connectivity index (χ4n) is 3.03. The average molecular weight is 475 g/mol. The Hall–Kier alpha value is -4.00. The molecule has 0 radical (unpaired) electrons. The van der Waals surface area contributed by atoms with Gasteiger partial charge in [-0.05, 0) is 43.3 Å². The Bertz CT molecular complexity index is 1450. The molecule has 0 fully saturated rings. The molecule has 0 aliphatic rings. The van der Waals surface area contributed by atoms with Gasteiger partial charge in [0, 0.05) is 10.9 Å². The van der Waals surface area contributed by atoms with Crippen LogP contribution in [0.5, 0.6) is 0 Å². The predicted molar refractivity (Wildman–Crippen MR) is 129 cm³/mol. The second-order valence-electron chi connectivity index (χ2n) is 7.15. The average Bonchev–Trinajstić information content (AvgIpc) is 3.28. The second-order valence-corrected chi connectivity index (χ2v) is 9.69. The van der Waals surface area contributed by atoms with E-state index in [2.05, 4.69) is 21.1 Å². The number of carbonyl (C=O) groups is 1. The Kier molecular flexibility index (Phi) is 6.22. The highest BCUT2D eigenvalue weighted by atomic mass is 32.2. The van der Waals surface area contributed by atoms with Crippen LogP contribution in [0.15, 0.2) is 83.1 Å². The minimum atomic E-state index is -3.86. The largest absolute Gasteiger partial charge is 0.298 e. The van der Waals surface area contributed by atoms with Crippen LogP contribution in [0, 0.1) is 18.3 Å². The number of benzene rings is 3. The zero-order chi connectivity index (χ0) is 23.4. The van der Waals surface area contributed by atoms with Crippen LogP contribution in [0.2, 0.25) is 0 Å². The maximum atomic E-state index is 12.9. The standard InChI is InChI=1S/C24H18N4O3S2/c1-16-6-12-19(13-7-16)33(30,31)28-21-5-3-2-4-20(21)23(29)27-24-26-22(15-32-24)18-10-8-17(14-25)9-11-18/h2-13,15,28H,1H3,(H,26,27,29). The van der Waals surface area contributed by atoms with Crippen molar-refractivity contribution < 1.29 is 13.2 Å². The molecule has 0 aliphatic carbocycles. The van der Waals surface area contributed by atoms with Gasteiger partial charge in [0.25, 0.3) is 15.9 Å². The lowest BCUT2D eigenvalue weighted by Crippen LogP contribution is -2.18. The highest BCUT2D eigenvalue weighted by Crippen LogP contribution is 2.27. The van der Waals surface area contributed by atoms with Gasteiger partial charge in [0.1, 0.15) is 0 Å². The summed E-state index contributed by atoms with van der Waals surface area (Å²) >= 11 is 1.25. The van der Waals surface area contributed by atoms with Crippen LogP contribution >= 0.6 is 11.3 Å². The molecule has 0 spiro atoms. The molecule has 7 nitrogen and oxygen atoms in total. The summed E-state index contributed by atoms with van der Waals surface area (Å²) in [6.07, 6.45) is 0. The molecule has 2 N–H and O–H groups in total. The van der Waals surface area contributed by atoms with E-state index in [1.807, 2.05) is 6.92 Å². The normalized spacial score (nSPS) is 10.9. The van der Waals surface area contributed by atoms with E-state index >= 15 is 0 Å². The Balaban J connectivity index is 1.53. The van der Waals surface area contributed by atoms with Crippen molar-refractivity contribution in [3.05, 3.63) is 94.9 Å². The molecule has 3 aromatic carbocycles. The van der Waals surface area contributed by atoms with Gasteiger partial charge in [-0.25, -0.2) is 13.4 Å². The molecule has 4 rings (SSSR count). The number of amides is 1. The summed E-state index contributed by atoms with van der Waals surface area (Å²) in [4.78, 5) is 17.4. The minimum Gasteiger partial charge on any atom is -0.298 e. The van der Waals surface area contributed by atoms with Crippen molar-refractivity contribution in [1.82, 2.24) is 4.98 Å². The Labute approximate surface area is 195 Å². The van der Waals surface area contributed by atoms with Crippen LogP contribution < -0.4 is 10.0 Å². The molecule has 0 unspecified atom stereocenters. The number of thiazole rings is 1. The van der Waals surface area contributed by atoms with Gasteiger partial charge in [-0.15, -0.1) is 11.3 Å². The summed E-state index contributed by atoms with van der Waals surface area (Å²) in [7, 11) is -3.86. The van der Waals surface area contributed by atoms with E-state index in [0.29, 0.717) is 16.4 Å². The Morgan fingerprint density at radius 2 is 1.70 bits per heavy atom. The van der Waals surface area contributed by atoms with Crippen molar-refractivity contribution in [3.8, 4) is 17.3 Å². The molecule has 0 saturated carbocycles. The lowest BCUT2D eigenvalue weighted by atomic mass is 10.1. The van der Waals surface area contributed by atoms with Gasteiger partial charge in [-0.1, -0.05) is 42.0 Å². The highest BCUT2D eigenvalue weighted by Gasteiger charge is 2.19. The lowest BCUT2D eigenvalue weighted by Gasteiger charge is -2.12. The number of nitriles is 1. The maximum Gasteiger partial charge on any atom is 0.261 e. The first-order chi connectivity index (χ1) is 15.9. The molecule has 164 valence electrons. The quantitative estimate of drug-likeness (QED) is 0.406.